The van der Waals surface area contributed by atoms with Gasteiger partial charge in [0.15, 0.2) is 0 Å². The molecule has 0 amide bonds. The van der Waals surface area contributed by atoms with Crippen LogP contribution in [0, 0.1) is 17.5 Å². The minimum absolute atomic E-state index is 0. The molecule has 213 valence electrons. The maximum absolute atomic E-state index is 4.72. The number of nitrogens with zero attached hydrogens (tertiary/aromatic N) is 2. The van der Waals surface area contributed by atoms with Gasteiger partial charge in [-0.3, -0.25) is 0 Å². The van der Waals surface area contributed by atoms with Crippen LogP contribution in [0.25, 0.3) is 22.5 Å². The van der Waals surface area contributed by atoms with Gasteiger partial charge in [0, 0.05) is 32.5 Å². The van der Waals surface area contributed by atoms with E-state index in [2.05, 4.69) is 118 Å². The summed E-state index contributed by atoms with van der Waals surface area (Å²) in [6, 6.07) is 39.7. The van der Waals surface area contributed by atoms with Gasteiger partial charge in [0.25, 0.3) is 0 Å². The molecule has 1 radical (unpaired) electrons. The van der Waals surface area contributed by atoms with Gasteiger partial charge in [-0.25, -0.2) is 0 Å². The molecule has 41 heavy (non-hydrogen) atoms. The van der Waals surface area contributed by atoms with Crippen LogP contribution in [-0.4, -0.2) is 18.0 Å². The van der Waals surface area contributed by atoms with Crippen molar-refractivity contribution in [1.82, 2.24) is 9.97 Å². The first-order valence-corrected chi connectivity index (χ1v) is 17.5. The molecule has 0 saturated carbocycles. The molecule has 0 bridgehead atoms. The third kappa shape index (κ3) is 10.0. The van der Waals surface area contributed by atoms with Crippen LogP contribution in [0.5, 0.6) is 0 Å². The molecule has 4 heteroatoms. The van der Waals surface area contributed by atoms with Crippen molar-refractivity contribution in [3.8, 4) is 22.5 Å². The van der Waals surface area contributed by atoms with Crippen molar-refractivity contribution in [1.29, 1.82) is 0 Å². The summed E-state index contributed by atoms with van der Waals surface area (Å²) in [7, 11) is -1.43. The summed E-state index contributed by atoms with van der Waals surface area (Å²) in [4.78, 5) is 9.13. The first-order valence-electron chi connectivity index (χ1n) is 14.0. The molecular formula is C37H40IrN2Si-2. The van der Waals surface area contributed by atoms with Gasteiger partial charge in [-0.2, -0.15) is 0 Å². The summed E-state index contributed by atoms with van der Waals surface area (Å²) in [6.45, 7) is 13.9. The van der Waals surface area contributed by atoms with Gasteiger partial charge in [0.1, 0.15) is 0 Å². The summed E-state index contributed by atoms with van der Waals surface area (Å²) in [5.74, 6) is 0. The zero-order valence-electron chi connectivity index (χ0n) is 25.0. The predicted octanol–water partition coefficient (Wildman–Crippen LogP) is 8.82. The Hall–Kier alpha value is -3.17. The fraction of sp³-hybridized carbons (Fsp3) is 0.243. The molecule has 0 unspecified atom stereocenters. The Bertz CT molecular complexity index is 1490. The average molecular weight is 733 g/mol. The van der Waals surface area contributed by atoms with E-state index in [0.29, 0.717) is 5.41 Å². The molecule has 0 saturated heterocycles. The Kier molecular flexibility index (Phi) is 11.5. The van der Waals surface area contributed by atoms with Gasteiger partial charge in [-0.15, -0.1) is 71.8 Å². The molecule has 5 rings (SSSR count). The van der Waals surface area contributed by atoms with E-state index in [4.69, 9.17) is 4.98 Å². The van der Waals surface area contributed by atoms with E-state index < -0.39 is 8.07 Å². The van der Waals surface area contributed by atoms with Crippen molar-refractivity contribution in [2.45, 2.75) is 53.3 Å². The van der Waals surface area contributed by atoms with E-state index in [9.17, 15) is 0 Å². The zero-order chi connectivity index (χ0) is 28.6. The molecule has 5 aromatic rings. The molecule has 0 aliphatic rings. The Morgan fingerprint density at radius 3 is 1.80 bits per heavy atom. The number of rotatable bonds is 6. The van der Waals surface area contributed by atoms with Gasteiger partial charge in [0.05, 0.1) is 8.07 Å². The van der Waals surface area contributed by atoms with Crippen LogP contribution < -0.4 is 5.19 Å². The van der Waals surface area contributed by atoms with E-state index in [0.717, 1.165) is 35.4 Å². The largest absolute Gasteiger partial charge is 0.305 e. The van der Waals surface area contributed by atoms with E-state index in [1.165, 1.54) is 21.9 Å². The van der Waals surface area contributed by atoms with Crippen molar-refractivity contribution >= 4 is 13.3 Å². The topological polar surface area (TPSA) is 25.8 Å². The van der Waals surface area contributed by atoms with Crippen molar-refractivity contribution in [3.05, 3.63) is 138 Å². The standard InChI is InChI=1S/C21H22NSi.C16H18N.Ir/c1-23(2,3)21-16-22-20(18-12-8-5-9-13-18)15-19(21)14-17-10-6-4-7-11-17;1-16(2,3)12-13-9-10-17-15(11-13)14-7-5-4-6-8-14;/h4-12,15-16H,14H2,1-3H3;4-7,9-11H,12H2,1-3H3;/q2*-1;. The summed E-state index contributed by atoms with van der Waals surface area (Å²) in [6.07, 6.45) is 6.01. The van der Waals surface area contributed by atoms with Crippen LogP contribution >= 0.6 is 0 Å². The van der Waals surface area contributed by atoms with E-state index in [1.54, 1.807) is 0 Å². The molecule has 0 spiro atoms. The maximum atomic E-state index is 4.72. The SMILES string of the molecule is CC(C)(C)Cc1ccnc(-c2[c-]cccc2)c1.C[Si](C)(C)c1cnc(-c2[c-]cccc2)cc1Cc1ccccc1.[Ir]. The number of benzene rings is 3. The molecule has 3 aromatic carbocycles. The fourth-order valence-electron chi connectivity index (χ4n) is 4.73. The van der Waals surface area contributed by atoms with Gasteiger partial charge in [-0.05, 0) is 46.5 Å². The molecule has 2 heterocycles. The first kappa shape index (κ1) is 32.3. The third-order valence-corrected chi connectivity index (χ3v) is 8.63. The summed E-state index contributed by atoms with van der Waals surface area (Å²) >= 11 is 0. The Morgan fingerprint density at radius 1 is 0.683 bits per heavy atom. The number of aromatic nitrogens is 2. The van der Waals surface area contributed by atoms with Crippen LogP contribution in [0.3, 0.4) is 0 Å². The van der Waals surface area contributed by atoms with E-state index in [1.807, 2.05) is 48.7 Å². The van der Waals surface area contributed by atoms with Gasteiger partial charge in [-0.1, -0.05) is 94.0 Å². The summed E-state index contributed by atoms with van der Waals surface area (Å²) < 4.78 is 0. The van der Waals surface area contributed by atoms with Crippen LogP contribution in [0.2, 0.25) is 19.6 Å². The monoisotopic (exact) mass is 733 g/mol. The second-order valence-corrected chi connectivity index (χ2v) is 17.5. The third-order valence-electron chi connectivity index (χ3n) is 6.56. The quantitative estimate of drug-likeness (QED) is 0.129. The van der Waals surface area contributed by atoms with E-state index in [-0.39, 0.29) is 20.1 Å². The molecule has 0 atom stereocenters. The Morgan fingerprint density at radius 2 is 1.27 bits per heavy atom. The number of hydrogen-bond acceptors (Lipinski definition) is 2. The van der Waals surface area contributed by atoms with Crippen molar-refractivity contribution in [2.75, 3.05) is 0 Å². The molecule has 0 N–H and O–H groups in total. The summed E-state index contributed by atoms with van der Waals surface area (Å²) in [5.41, 5.74) is 8.52. The maximum Gasteiger partial charge on any atom is 0.0799 e. The van der Waals surface area contributed by atoms with Crippen LogP contribution in [-0.2, 0) is 32.9 Å². The van der Waals surface area contributed by atoms with Gasteiger partial charge in [0.2, 0.25) is 0 Å². The van der Waals surface area contributed by atoms with Crippen LogP contribution in [0.1, 0.15) is 37.5 Å². The zero-order valence-corrected chi connectivity index (χ0v) is 28.4. The van der Waals surface area contributed by atoms with Gasteiger partial charge >= 0.3 is 0 Å². The molecule has 2 nitrogen and oxygen atoms in total. The van der Waals surface area contributed by atoms with Crippen molar-refractivity contribution in [3.63, 3.8) is 0 Å². The second-order valence-electron chi connectivity index (χ2n) is 12.5. The minimum Gasteiger partial charge on any atom is -0.305 e. The van der Waals surface area contributed by atoms with Crippen LogP contribution in [0.15, 0.2) is 109 Å². The van der Waals surface area contributed by atoms with Crippen molar-refractivity contribution < 1.29 is 20.1 Å². The molecule has 0 fully saturated rings. The van der Waals surface area contributed by atoms with Crippen molar-refractivity contribution in [2.24, 2.45) is 5.41 Å². The predicted molar refractivity (Wildman–Crippen MR) is 172 cm³/mol. The Balaban J connectivity index is 0.000000230. The smallest absolute Gasteiger partial charge is 0.0799 e. The normalized spacial score (nSPS) is 11.2. The molecular weight excluding hydrogens is 693 g/mol. The second kappa shape index (κ2) is 14.6. The summed E-state index contributed by atoms with van der Waals surface area (Å²) in [5, 5.41) is 1.45. The molecule has 0 aliphatic carbocycles. The molecule has 0 aliphatic heterocycles. The number of pyridine rings is 2. The van der Waals surface area contributed by atoms with Crippen LogP contribution in [0.4, 0.5) is 0 Å². The van der Waals surface area contributed by atoms with E-state index >= 15 is 0 Å². The number of hydrogen-bond donors (Lipinski definition) is 0. The Labute approximate surface area is 261 Å². The molecule has 2 aromatic heterocycles. The first-order chi connectivity index (χ1) is 19.1. The fourth-order valence-corrected chi connectivity index (χ4v) is 6.31. The average Bonchev–Trinajstić information content (AvgIpc) is 2.94. The minimum atomic E-state index is -1.43. The van der Waals surface area contributed by atoms with Gasteiger partial charge < -0.3 is 9.97 Å².